The SMILES string of the molecule is Cc1cc(F)ccc1C(O)CC(C)C(=O)O. The van der Waals surface area contributed by atoms with Gasteiger partial charge in [0.15, 0.2) is 0 Å². The number of carboxylic acid groups (broad SMARTS) is 1. The molecule has 0 radical (unpaired) electrons. The summed E-state index contributed by atoms with van der Waals surface area (Å²) in [7, 11) is 0. The number of hydrogen-bond acceptors (Lipinski definition) is 2. The van der Waals surface area contributed by atoms with Crippen LogP contribution in [0.5, 0.6) is 0 Å². The third-order valence-electron chi connectivity index (χ3n) is 2.59. The molecule has 0 saturated carbocycles. The third-order valence-corrected chi connectivity index (χ3v) is 2.59. The second kappa shape index (κ2) is 5.07. The van der Waals surface area contributed by atoms with Crippen molar-refractivity contribution in [2.24, 2.45) is 5.92 Å². The zero-order valence-electron chi connectivity index (χ0n) is 9.27. The normalized spacial score (nSPS) is 14.5. The van der Waals surface area contributed by atoms with Crippen molar-refractivity contribution in [1.82, 2.24) is 0 Å². The Morgan fingerprint density at radius 1 is 1.50 bits per heavy atom. The molecule has 0 aliphatic rings. The minimum Gasteiger partial charge on any atom is -0.481 e. The van der Waals surface area contributed by atoms with Gasteiger partial charge in [0.25, 0.3) is 0 Å². The molecular weight excluding hydrogens is 211 g/mol. The number of aliphatic hydroxyl groups excluding tert-OH is 1. The average Bonchev–Trinajstić information content (AvgIpc) is 2.16. The second-order valence-corrected chi connectivity index (χ2v) is 3.99. The molecule has 0 aromatic heterocycles. The summed E-state index contributed by atoms with van der Waals surface area (Å²) in [6, 6.07) is 4.07. The van der Waals surface area contributed by atoms with Crippen LogP contribution in [0.15, 0.2) is 18.2 Å². The van der Waals surface area contributed by atoms with E-state index in [2.05, 4.69) is 0 Å². The van der Waals surface area contributed by atoms with E-state index in [0.717, 1.165) is 0 Å². The molecule has 0 heterocycles. The predicted octanol–water partition coefficient (Wildman–Crippen LogP) is 2.28. The first-order valence-corrected chi connectivity index (χ1v) is 5.08. The maximum absolute atomic E-state index is 12.8. The highest BCUT2D eigenvalue weighted by Crippen LogP contribution is 2.24. The number of benzene rings is 1. The van der Waals surface area contributed by atoms with Gasteiger partial charge < -0.3 is 10.2 Å². The van der Waals surface area contributed by atoms with E-state index in [1.54, 1.807) is 6.92 Å². The van der Waals surface area contributed by atoms with E-state index >= 15 is 0 Å². The summed E-state index contributed by atoms with van der Waals surface area (Å²) in [4.78, 5) is 10.6. The van der Waals surface area contributed by atoms with Crippen LogP contribution in [0.2, 0.25) is 0 Å². The van der Waals surface area contributed by atoms with Gasteiger partial charge in [-0.15, -0.1) is 0 Å². The molecule has 2 N–H and O–H groups in total. The summed E-state index contributed by atoms with van der Waals surface area (Å²) >= 11 is 0. The van der Waals surface area contributed by atoms with Gasteiger partial charge in [-0.1, -0.05) is 13.0 Å². The van der Waals surface area contributed by atoms with Crippen molar-refractivity contribution in [3.63, 3.8) is 0 Å². The van der Waals surface area contributed by atoms with Gasteiger partial charge in [0.2, 0.25) is 0 Å². The lowest BCUT2D eigenvalue weighted by Crippen LogP contribution is -2.14. The Morgan fingerprint density at radius 3 is 2.62 bits per heavy atom. The Morgan fingerprint density at radius 2 is 2.12 bits per heavy atom. The second-order valence-electron chi connectivity index (χ2n) is 3.99. The van der Waals surface area contributed by atoms with Gasteiger partial charge in [-0.25, -0.2) is 4.39 Å². The van der Waals surface area contributed by atoms with Crippen molar-refractivity contribution in [2.45, 2.75) is 26.4 Å². The number of rotatable bonds is 4. The molecule has 0 fully saturated rings. The molecule has 0 bridgehead atoms. The fraction of sp³-hybridized carbons (Fsp3) is 0.417. The number of carbonyl (C=O) groups is 1. The lowest BCUT2D eigenvalue weighted by molar-refractivity contribution is -0.142. The van der Waals surface area contributed by atoms with Crippen LogP contribution in [-0.2, 0) is 4.79 Å². The summed E-state index contributed by atoms with van der Waals surface area (Å²) in [6.07, 6.45) is -0.742. The van der Waals surface area contributed by atoms with Gasteiger partial charge in [-0.3, -0.25) is 4.79 Å². The van der Waals surface area contributed by atoms with Crippen molar-refractivity contribution in [1.29, 1.82) is 0 Å². The fourth-order valence-electron chi connectivity index (χ4n) is 1.58. The van der Waals surface area contributed by atoms with E-state index in [1.807, 2.05) is 0 Å². The molecule has 0 amide bonds. The molecule has 4 heteroatoms. The largest absolute Gasteiger partial charge is 0.481 e. The van der Waals surface area contributed by atoms with Crippen molar-refractivity contribution < 1.29 is 19.4 Å². The molecule has 1 rings (SSSR count). The van der Waals surface area contributed by atoms with Crippen molar-refractivity contribution in [2.75, 3.05) is 0 Å². The molecule has 0 aliphatic heterocycles. The Balaban J connectivity index is 2.80. The Bertz CT molecular complexity index is 390. The van der Waals surface area contributed by atoms with Crippen LogP contribution < -0.4 is 0 Å². The monoisotopic (exact) mass is 226 g/mol. The van der Waals surface area contributed by atoms with E-state index < -0.39 is 18.0 Å². The van der Waals surface area contributed by atoms with Crippen LogP contribution in [0.1, 0.15) is 30.6 Å². The smallest absolute Gasteiger partial charge is 0.306 e. The molecule has 0 spiro atoms. The standard InChI is InChI=1S/C12H15FO3/c1-7-5-9(13)3-4-10(7)11(14)6-8(2)12(15)16/h3-5,8,11,14H,6H2,1-2H3,(H,15,16). The Kier molecular flexibility index (Phi) is 4.01. The quantitative estimate of drug-likeness (QED) is 0.828. The van der Waals surface area contributed by atoms with Crippen molar-refractivity contribution in [3.8, 4) is 0 Å². The lowest BCUT2D eigenvalue weighted by atomic mass is 9.95. The Hall–Kier alpha value is -1.42. The number of carboxylic acids is 1. The third kappa shape index (κ3) is 3.03. The van der Waals surface area contributed by atoms with Crippen molar-refractivity contribution in [3.05, 3.63) is 35.1 Å². The van der Waals surface area contributed by atoms with Crippen LogP contribution in [0.3, 0.4) is 0 Å². The summed E-state index contributed by atoms with van der Waals surface area (Å²) in [5.41, 5.74) is 1.21. The fourth-order valence-corrected chi connectivity index (χ4v) is 1.58. The minimum atomic E-state index is -0.946. The molecule has 1 aromatic rings. The summed E-state index contributed by atoms with van der Waals surface area (Å²) in [5, 5.41) is 18.5. The molecule has 3 nitrogen and oxygen atoms in total. The number of aliphatic carboxylic acids is 1. The minimum absolute atomic E-state index is 0.127. The highest BCUT2D eigenvalue weighted by atomic mass is 19.1. The first-order valence-electron chi connectivity index (χ1n) is 5.08. The van der Waals surface area contributed by atoms with Crippen LogP contribution in [0.4, 0.5) is 4.39 Å². The van der Waals surface area contributed by atoms with Crippen LogP contribution in [-0.4, -0.2) is 16.2 Å². The van der Waals surface area contributed by atoms with E-state index in [1.165, 1.54) is 25.1 Å². The number of aryl methyl sites for hydroxylation is 1. The zero-order valence-corrected chi connectivity index (χ0v) is 9.27. The van der Waals surface area contributed by atoms with Gasteiger partial charge in [-0.05, 0) is 36.6 Å². The lowest BCUT2D eigenvalue weighted by Gasteiger charge is -2.15. The van der Waals surface area contributed by atoms with E-state index in [4.69, 9.17) is 5.11 Å². The van der Waals surface area contributed by atoms with Crippen LogP contribution in [0.25, 0.3) is 0 Å². The van der Waals surface area contributed by atoms with Gasteiger partial charge in [-0.2, -0.15) is 0 Å². The molecule has 0 aliphatic carbocycles. The molecule has 2 unspecified atom stereocenters. The van der Waals surface area contributed by atoms with Gasteiger partial charge >= 0.3 is 5.97 Å². The zero-order chi connectivity index (χ0) is 12.3. The van der Waals surface area contributed by atoms with E-state index in [0.29, 0.717) is 11.1 Å². The van der Waals surface area contributed by atoms with Crippen LogP contribution in [0, 0.1) is 18.7 Å². The maximum Gasteiger partial charge on any atom is 0.306 e. The summed E-state index contributed by atoms with van der Waals surface area (Å²) < 4.78 is 12.8. The topological polar surface area (TPSA) is 57.5 Å². The first kappa shape index (κ1) is 12.6. The number of halogens is 1. The van der Waals surface area contributed by atoms with E-state index in [9.17, 15) is 14.3 Å². The summed E-state index contributed by atoms with van der Waals surface area (Å²) in [5.74, 6) is -1.93. The average molecular weight is 226 g/mol. The highest BCUT2D eigenvalue weighted by molar-refractivity contribution is 5.69. The maximum atomic E-state index is 12.8. The molecule has 16 heavy (non-hydrogen) atoms. The predicted molar refractivity (Wildman–Crippen MR) is 57.5 cm³/mol. The first-order chi connectivity index (χ1) is 7.41. The number of aliphatic hydroxyl groups is 1. The number of hydrogen-bond donors (Lipinski definition) is 2. The molecule has 1 aromatic carbocycles. The molecule has 0 saturated heterocycles. The molecule has 2 atom stereocenters. The van der Waals surface area contributed by atoms with E-state index in [-0.39, 0.29) is 12.2 Å². The highest BCUT2D eigenvalue weighted by Gasteiger charge is 2.19. The van der Waals surface area contributed by atoms with Crippen LogP contribution >= 0.6 is 0 Å². The molecule has 88 valence electrons. The van der Waals surface area contributed by atoms with Gasteiger partial charge in [0, 0.05) is 0 Å². The Labute approximate surface area is 93.5 Å². The summed E-state index contributed by atoms with van der Waals surface area (Å²) in [6.45, 7) is 3.22. The molecular formula is C12H15FO3. The van der Waals surface area contributed by atoms with Crippen molar-refractivity contribution >= 4 is 5.97 Å². The van der Waals surface area contributed by atoms with Gasteiger partial charge in [0.1, 0.15) is 5.82 Å². The van der Waals surface area contributed by atoms with Gasteiger partial charge in [0.05, 0.1) is 12.0 Å².